The minimum atomic E-state index is -0.666. The van der Waals surface area contributed by atoms with Gasteiger partial charge in [0.25, 0.3) is 0 Å². The average molecular weight is 359 g/mol. The number of benzene rings is 2. The number of halogens is 1. The van der Waals surface area contributed by atoms with Crippen LogP contribution in [0, 0.1) is 0 Å². The second kappa shape index (κ2) is 9.84. The fraction of sp³-hybridized carbons (Fsp3) is 0.300. The van der Waals surface area contributed by atoms with Crippen molar-refractivity contribution in [3.05, 3.63) is 64.7 Å². The van der Waals surface area contributed by atoms with Crippen molar-refractivity contribution in [2.45, 2.75) is 32.6 Å². The van der Waals surface area contributed by atoms with Gasteiger partial charge in [0.15, 0.2) is 0 Å². The molecule has 0 heterocycles. The van der Waals surface area contributed by atoms with Gasteiger partial charge < -0.3 is 10.6 Å². The second-order valence-electron chi connectivity index (χ2n) is 5.85. The van der Waals surface area contributed by atoms with Gasteiger partial charge >= 0.3 is 11.8 Å². The number of carbonyl (C=O) groups excluding carboxylic acids is 2. The van der Waals surface area contributed by atoms with Crippen LogP contribution >= 0.6 is 11.6 Å². The molecule has 0 fully saturated rings. The molecule has 132 valence electrons. The van der Waals surface area contributed by atoms with Crippen LogP contribution in [0.15, 0.2) is 48.5 Å². The molecule has 0 radical (unpaired) electrons. The monoisotopic (exact) mass is 358 g/mol. The third-order valence-electron chi connectivity index (χ3n) is 3.87. The van der Waals surface area contributed by atoms with Crippen molar-refractivity contribution < 1.29 is 9.59 Å². The van der Waals surface area contributed by atoms with Gasteiger partial charge in [0.2, 0.25) is 0 Å². The zero-order valence-corrected chi connectivity index (χ0v) is 15.1. The molecule has 0 atom stereocenters. The molecule has 0 aliphatic rings. The predicted octanol–water partition coefficient (Wildman–Crippen LogP) is 3.98. The van der Waals surface area contributed by atoms with Gasteiger partial charge in [-0.2, -0.15) is 0 Å². The Labute approximate surface area is 153 Å². The van der Waals surface area contributed by atoms with E-state index in [-0.39, 0.29) is 0 Å². The summed E-state index contributed by atoms with van der Waals surface area (Å²) >= 11 is 6.06. The van der Waals surface area contributed by atoms with E-state index in [0.717, 1.165) is 24.8 Å². The van der Waals surface area contributed by atoms with Gasteiger partial charge in [-0.05, 0) is 48.6 Å². The summed E-state index contributed by atoms with van der Waals surface area (Å²) in [4.78, 5) is 23.8. The lowest BCUT2D eigenvalue weighted by molar-refractivity contribution is -0.136. The summed E-state index contributed by atoms with van der Waals surface area (Å²) in [5, 5.41) is 5.87. The molecule has 25 heavy (non-hydrogen) atoms. The summed E-state index contributed by atoms with van der Waals surface area (Å²) in [5.41, 5.74) is 2.78. The van der Waals surface area contributed by atoms with Crippen LogP contribution in [0.3, 0.4) is 0 Å². The van der Waals surface area contributed by atoms with Crippen LogP contribution in [-0.4, -0.2) is 18.4 Å². The molecule has 5 heteroatoms. The van der Waals surface area contributed by atoms with E-state index in [1.54, 1.807) is 6.07 Å². The van der Waals surface area contributed by atoms with Gasteiger partial charge in [0.1, 0.15) is 0 Å². The maximum atomic E-state index is 11.9. The van der Waals surface area contributed by atoms with E-state index in [1.807, 2.05) is 42.5 Å². The number of anilines is 1. The van der Waals surface area contributed by atoms with Crippen LogP contribution in [0.5, 0.6) is 0 Å². The number of hydrogen-bond acceptors (Lipinski definition) is 2. The summed E-state index contributed by atoms with van der Waals surface area (Å²) in [6, 6.07) is 15.0. The molecular formula is C20H23ClN2O2. The van der Waals surface area contributed by atoms with Crippen LogP contribution in [0.25, 0.3) is 0 Å². The van der Waals surface area contributed by atoms with Crippen LogP contribution < -0.4 is 10.6 Å². The summed E-state index contributed by atoms with van der Waals surface area (Å²) in [5.74, 6) is -1.32. The lowest BCUT2D eigenvalue weighted by Crippen LogP contribution is -2.36. The number of aryl methyl sites for hydroxylation is 1. The number of carbonyl (C=O) groups is 2. The van der Waals surface area contributed by atoms with Gasteiger partial charge in [-0.3, -0.25) is 9.59 Å². The molecule has 2 amide bonds. The van der Waals surface area contributed by atoms with Crippen LogP contribution in [0.1, 0.15) is 30.9 Å². The Morgan fingerprint density at radius 3 is 2.36 bits per heavy atom. The third kappa shape index (κ3) is 6.24. The molecule has 0 aliphatic heterocycles. The number of nitrogens with one attached hydrogen (secondary N) is 2. The first kappa shape index (κ1) is 19.0. The molecule has 0 aromatic heterocycles. The fourth-order valence-electron chi connectivity index (χ4n) is 2.42. The van der Waals surface area contributed by atoms with Crippen molar-refractivity contribution in [2.75, 3.05) is 11.9 Å². The minimum absolute atomic E-state index is 0.353. The summed E-state index contributed by atoms with van der Waals surface area (Å²) in [6.07, 6.45) is 3.88. The van der Waals surface area contributed by atoms with E-state index in [2.05, 4.69) is 17.6 Å². The Morgan fingerprint density at radius 1 is 0.960 bits per heavy atom. The standard InChI is InChI=1S/C20H23ClN2O2/c1-2-3-6-15-9-11-17(12-10-15)23-20(25)19(24)22-14-13-16-7-4-5-8-18(16)21/h4-5,7-12H,2-3,6,13-14H2,1H3,(H,22,24)(H,23,25). The van der Waals surface area contributed by atoms with Gasteiger partial charge in [-0.25, -0.2) is 0 Å². The summed E-state index contributed by atoms with van der Waals surface area (Å²) in [7, 11) is 0. The smallest absolute Gasteiger partial charge is 0.313 e. The summed E-state index contributed by atoms with van der Waals surface area (Å²) < 4.78 is 0. The Balaban J connectivity index is 1.78. The first-order valence-electron chi connectivity index (χ1n) is 8.51. The Bertz CT molecular complexity index is 714. The van der Waals surface area contributed by atoms with E-state index in [9.17, 15) is 9.59 Å². The molecular weight excluding hydrogens is 336 g/mol. The SMILES string of the molecule is CCCCc1ccc(NC(=O)C(=O)NCCc2ccccc2Cl)cc1. The maximum Gasteiger partial charge on any atom is 0.313 e. The highest BCUT2D eigenvalue weighted by atomic mass is 35.5. The fourth-order valence-corrected chi connectivity index (χ4v) is 2.65. The Morgan fingerprint density at radius 2 is 1.68 bits per heavy atom. The Kier molecular flexibility index (Phi) is 7.48. The van der Waals surface area contributed by atoms with Gasteiger partial charge in [0.05, 0.1) is 0 Å². The molecule has 0 unspecified atom stereocenters. The van der Waals surface area contributed by atoms with Gasteiger partial charge in [-0.15, -0.1) is 0 Å². The van der Waals surface area contributed by atoms with Crippen LogP contribution in [-0.2, 0) is 22.4 Å². The van der Waals surface area contributed by atoms with Crippen molar-refractivity contribution in [2.24, 2.45) is 0 Å². The highest BCUT2D eigenvalue weighted by Gasteiger charge is 2.13. The molecule has 0 bridgehead atoms. The largest absolute Gasteiger partial charge is 0.347 e. The molecule has 0 saturated heterocycles. The third-order valence-corrected chi connectivity index (χ3v) is 4.24. The summed E-state index contributed by atoms with van der Waals surface area (Å²) in [6.45, 7) is 2.50. The quantitative estimate of drug-likeness (QED) is 0.735. The van der Waals surface area contributed by atoms with E-state index < -0.39 is 11.8 Å². The van der Waals surface area contributed by atoms with Crippen molar-refractivity contribution in [3.8, 4) is 0 Å². The van der Waals surface area contributed by atoms with E-state index >= 15 is 0 Å². The maximum absolute atomic E-state index is 11.9. The predicted molar refractivity (Wildman–Crippen MR) is 102 cm³/mol. The highest BCUT2D eigenvalue weighted by Crippen LogP contribution is 2.15. The molecule has 0 spiro atoms. The van der Waals surface area contributed by atoms with Crippen molar-refractivity contribution in [1.29, 1.82) is 0 Å². The molecule has 0 saturated carbocycles. The number of hydrogen-bond donors (Lipinski definition) is 2. The van der Waals surface area contributed by atoms with Crippen molar-refractivity contribution in [1.82, 2.24) is 5.32 Å². The molecule has 0 aliphatic carbocycles. The minimum Gasteiger partial charge on any atom is -0.347 e. The highest BCUT2D eigenvalue weighted by molar-refractivity contribution is 6.39. The molecule has 2 N–H and O–H groups in total. The molecule has 4 nitrogen and oxygen atoms in total. The van der Waals surface area contributed by atoms with Gasteiger partial charge in [-0.1, -0.05) is 55.3 Å². The molecule has 2 aromatic carbocycles. The lowest BCUT2D eigenvalue weighted by Gasteiger charge is -2.08. The van der Waals surface area contributed by atoms with Crippen molar-refractivity contribution >= 4 is 29.1 Å². The number of unbranched alkanes of at least 4 members (excludes halogenated alkanes) is 1. The number of amides is 2. The van der Waals surface area contributed by atoms with E-state index in [4.69, 9.17) is 11.6 Å². The Hall–Kier alpha value is -2.33. The average Bonchev–Trinajstić information content (AvgIpc) is 2.62. The number of rotatable bonds is 7. The van der Waals surface area contributed by atoms with Crippen molar-refractivity contribution in [3.63, 3.8) is 0 Å². The second-order valence-corrected chi connectivity index (χ2v) is 6.26. The van der Waals surface area contributed by atoms with Gasteiger partial charge in [0, 0.05) is 17.3 Å². The van der Waals surface area contributed by atoms with Crippen LogP contribution in [0.2, 0.25) is 5.02 Å². The zero-order chi connectivity index (χ0) is 18.1. The zero-order valence-electron chi connectivity index (χ0n) is 14.3. The first-order valence-corrected chi connectivity index (χ1v) is 8.89. The van der Waals surface area contributed by atoms with E-state index in [0.29, 0.717) is 23.7 Å². The topological polar surface area (TPSA) is 58.2 Å². The first-order chi connectivity index (χ1) is 12.1. The molecule has 2 rings (SSSR count). The van der Waals surface area contributed by atoms with E-state index in [1.165, 1.54) is 5.56 Å². The van der Waals surface area contributed by atoms with Crippen LogP contribution in [0.4, 0.5) is 5.69 Å². The normalized spacial score (nSPS) is 10.3. The molecule has 2 aromatic rings. The lowest BCUT2D eigenvalue weighted by atomic mass is 10.1.